The average molecular weight is 301 g/mol. The van der Waals surface area contributed by atoms with Gasteiger partial charge in [0.2, 0.25) is 5.91 Å². The van der Waals surface area contributed by atoms with Crippen molar-refractivity contribution in [2.45, 2.75) is 39.2 Å². The lowest BCUT2D eigenvalue weighted by atomic mass is 10.1. The number of hydrogen-bond acceptors (Lipinski definition) is 4. The molecular weight excluding hydrogens is 274 g/mol. The zero-order chi connectivity index (χ0) is 15.0. The summed E-state index contributed by atoms with van der Waals surface area (Å²) in [6.07, 6.45) is 2.47. The predicted octanol–water partition coefficient (Wildman–Crippen LogP) is 0.916. The molecule has 0 radical (unpaired) electrons. The molecule has 116 valence electrons. The molecule has 6 heteroatoms. The van der Waals surface area contributed by atoms with Crippen LogP contribution in [-0.4, -0.2) is 54.7 Å². The maximum absolute atomic E-state index is 12.1. The smallest absolute Gasteiger partial charge is 0.234 e. The highest BCUT2D eigenvalue weighted by Crippen LogP contribution is 2.06. The summed E-state index contributed by atoms with van der Waals surface area (Å²) in [6.45, 7) is 7.80. The van der Waals surface area contributed by atoms with Crippen molar-refractivity contribution in [3.05, 3.63) is 0 Å². The molecule has 3 N–H and O–H groups in total. The van der Waals surface area contributed by atoms with E-state index in [4.69, 9.17) is 22.7 Å². The van der Waals surface area contributed by atoms with Gasteiger partial charge in [0, 0.05) is 38.8 Å². The van der Waals surface area contributed by atoms with Crippen molar-refractivity contribution < 1.29 is 9.53 Å². The van der Waals surface area contributed by atoms with E-state index in [9.17, 15) is 4.79 Å². The number of carbonyl (C=O) groups is 1. The number of thiocarbonyl (C=S) groups is 1. The molecule has 0 saturated carbocycles. The molecule has 1 rings (SSSR count). The molecule has 1 heterocycles. The summed E-state index contributed by atoms with van der Waals surface area (Å²) in [5.41, 5.74) is 5.54. The number of ether oxygens (including phenoxy) is 1. The zero-order valence-corrected chi connectivity index (χ0v) is 13.4. The third kappa shape index (κ3) is 7.77. The fourth-order valence-electron chi connectivity index (χ4n) is 2.34. The van der Waals surface area contributed by atoms with Gasteiger partial charge < -0.3 is 15.8 Å². The van der Waals surface area contributed by atoms with Crippen LogP contribution in [0, 0.1) is 5.92 Å². The Balaban J connectivity index is 2.37. The molecule has 1 saturated heterocycles. The van der Waals surface area contributed by atoms with E-state index in [0.29, 0.717) is 23.9 Å². The van der Waals surface area contributed by atoms with Crippen LogP contribution in [0.5, 0.6) is 0 Å². The van der Waals surface area contributed by atoms with Gasteiger partial charge in [-0.25, -0.2) is 0 Å². The zero-order valence-electron chi connectivity index (χ0n) is 12.6. The molecular formula is C14H27N3O2S. The fraction of sp³-hybridized carbons (Fsp3) is 0.857. The molecule has 1 amide bonds. The van der Waals surface area contributed by atoms with E-state index < -0.39 is 0 Å². The molecule has 0 atom stereocenters. The minimum absolute atomic E-state index is 0.0838. The Bertz CT molecular complexity index is 318. The number of nitrogens with zero attached hydrogens (tertiary/aromatic N) is 1. The summed E-state index contributed by atoms with van der Waals surface area (Å²) >= 11 is 4.91. The van der Waals surface area contributed by atoms with Gasteiger partial charge in [0.05, 0.1) is 11.5 Å². The van der Waals surface area contributed by atoms with Gasteiger partial charge in [-0.15, -0.1) is 0 Å². The highest BCUT2D eigenvalue weighted by molar-refractivity contribution is 7.80. The van der Waals surface area contributed by atoms with E-state index in [-0.39, 0.29) is 11.9 Å². The lowest BCUT2D eigenvalue weighted by molar-refractivity contribution is -0.123. The van der Waals surface area contributed by atoms with Gasteiger partial charge in [-0.3, -0.25) is 9.69 Å². The Labute approximate surface area is 127 Å². The molecule has 1 aliphatic heterocycles. The number of carbonyl (C=O) groups excluding carboxylic acids is 1. The largest absolute Gasteiger partial charge is 0.393 e. The van der Waals surface area contributed by atoms with Crippen molar-refractivity contribution in [3.8, 4) is 0 Å². The molecule has 0 aromatic rings. The van der Waals surface area contributed by atoms with E-state index in [1.807, 2.05) is 0 Å². The summed E-state index contributed by atoms with van der Waals surface area (Å²) in [7, 11) is 0. The first-order chi connectivity index (χ1) is 9.47. The maximum Gasteiger partial charge on any atom is 0.234 e. The van der Waals surface area contributed by atoms with Crippen LogP contribution in [0.1, 0.15) is 33.1 Å². The topological polar surface area (TPSA) is 67.6 Å². The normalized spacial score (nSPS) is 16.6. The lowest BCUT2D eigenvalue weighted by Gasteiger charge is -2.27. The van der Waals surface area contributed by atoms with Gasteiger partial charge >= 0.3 is 0 Å². The van der Waals surface area contributed by atoms with E-state index in [1.54, 1.807) is 0 Å². The molecule has 20 heavy (non-hydrogen) atoms. The number of nitrogens with one attached hydrogen (secondary N) is 1. The summed E-state index contributed by atoms with van der Waals surface area (Å²) in [5.74, 6) is 0.595. The minimum Gasteiger partial charge on any atom is -0.393 e. The summed E-state index contributed by atoms with van der Waals surface area (Å²) in [4.78, 5) is 14.7. The number of rotatable bonds is 8. The number of nitrogens with two attached hydrogens (primary N) is 1. The van der Waals surface area contributed by atoms with Crippen LogP contribution in [0.15, 0.2) is 0 Å². The first-order valence-corrected chi connectivity index (χ1v) is 7.76. The maximum atomic E-state index is 12.1. The molecule has 0 unspecified atom stereocenters. The van der Waals surface area contributed by atoms with Gasteiger partial charge in [0.1, 0.15) is 0 Å². The fourth-order valence-corrected chi connectivity index (χ4v) is 2.43. The summed E-state index contributed by atoms with van der Waals surface area (Å²) in [5, 5.41) is 3.09. The standard InChI is InChI=1S/C14H27N3O2S/c1-11(2)9-17(6-3-13(15)20)10-14(18)16-12-4-7-19-8-5-12/h11-12H,3-10H2,1-2H3,(H2,15,20)(H,16,18). The third-order valence-electron chi connectivity index (χ3n) is 3.25. The Morgan fingerprint density at radius 3 is 2.65 bits per heavy atom. The number of amides is 1. The van der Waals surface area contributed by atoms with Crippen molar-refractivity contribution in [2.24, 2.45) is 11.7 Å². The summed E-state index contributed by atoms with van der Waals surface area (Å²) in [6, 6.07) is 0.257. The van der Waals surface area contributed by atoms with Gasteiger partial charge in [-0.2, -0.15) is 0 Å². The summed E-state index contributed by atoms with van der Waals surface area (Å²) < 4.78 is 5.29. The first kappa shape index (κ1) is 17.3. The molecule has 5 nitrogen and oxygen atoms in total. The van der Waals surface area contributed by atoms with Crippen molar-refractivity contribution in [1.82, 2.24) is 10.2 Å². The van der Waals surface area contributed by atoms with Crippen molar-refractivity contribution >= 4 is 23.1 Å². The SMILES string of the molecule is CC(C)CN(CCC(N)=S)CC(=O)NC1CCOCC1. The van der Waals surface area contributed by atoms with E-state index in [0.717, 1.165) is 39.1 Å². The van der Waals surface area contributed by atoms with Gasteiger partial charge in [0.15, 0.2) is 0 Å². The molecule has 0 aromatic heterocycles. The van der Waals surface area contributed by atoms with E-state index in [2.05, 4.69) is 24.1 Å². The molecule has 0 aliphatic carbocycles. The van der Waals surface area contributed by atoms with Crippen LogP contribution in [0.4, 0.5) is 0 Å². The third-order valence-corrected chi connectivity index (χ3v) is 3.46. The van der Waals surface area contributed by atoms with Gasteiger partial charge in [-0.1, -0.05) is 26.1 Å². The monoisotopic (exact) mass is 301 g/mol. The second-order valence-corrected chi connectivity index (χ2v) is 6.32. The predicted molar refractivity (Wildman–Crippen MR) is 84.7 cm³/mol. The molecule has 0 spiro atoms. The van der Waals surface area contributed by atoms with Crippen molar-refractivity contribution in [3.63, 3.8) is 0 Å². The quantitative estimate of drug-likeness (QED) is 0.653. The van der Waals surface area contributed by atoms with Crippen molar-refractivity contribution in [1.29, 1.82) is 0 Å². The Morgan fingerprint density at radius 1 is 1.45 bits per heavy atom. The first-order valence-electron chi connectivity index (χ1n) is 7.35. The second kappa shape index (κ2) is 9.26. The van der Waals surface area contributed by atoms with Gasteiger partial charge in [0.25, 0.3) is 0 Å². The minimum atomic E-state index is 0.0838. The van der Waals surface area contributed by atoms with Crippen LogP contribution in [0.2, 0.25) is 0 Å². The Kier molecular flexibility index (Phi) is 8.02. The average Bonchev–Trinajstić information content (AvgIpc) is 2.36. The van der Waals surface area contributed by atoms with Crippen LogP contribution in [0.25, 0.3) is 0 Å². The molecule has 1 aliphatic rings. The van der Waals surface area contributed by atoms with Crippen LogP contribution in [0.3, 0.4) is 0 Å². The van der Waals surface area contributed by atoms with Crippen molar-refractivity contribution in [2.75, 3.05) is 32.8 Å². The molecule has 1 fully saturated rings. The highest BCUT2D eigenvalue weighted by atomic mass is 32.1. The lowest BCUT2D eigenvalue weighted by Crippen LogP contribution is -2.45. The van der Waals surface area contributed by atoms with E-state index >= 15 is 0 Å². The van der Waals surface area contributed by atoms with E-state index in [1.165, 1.54) is 0 Å². The Morgan fingerprint density at radius 2 is 2.10 bits per heavy atom. The van der Waals surface area contributed by atoms with Crippen LogP contribution >= 0.6 is 12.2 Å². The highest BCUT2D eigenvalue weighted by Gasteiger charge is 2.18. The van der Waals surface area contributed by atoms with Crippen LogP contribution in [-0.2, 0) is 9.53 Å². The Hall–Kier alpha value is -0.720. The number of hydrogen-bond donors (Lipinski definition) is 2. The molecule has 0 aromatic carbocycles. The molecule has 0 bridgehead atoms. The van der Waals surface area contributed by atoms with Crippen LogP contribution < -0.4 is 11.1 Å². The van der Waals surface area contributed by atoms with Gasteiger partial charge in [-0.05, 0) is 18.8 Å². The second-order valence-electron chi connectivity index (χ2n) is 5.80.